The molecule has 0 spiro atoms. The quantitative estimate of drug-likeness (QED) is 0.624. The summed E-state index contributed by atoms with van der Waals surface area (Å²) < 4.78 is 11.4. The third-order valence-electron chi connectivity index (χ3n) is 3.63. The van der Waals surface area contributed by atoms with Crippen LogP contribution in [0.1, 0.15) is 44.7 Å². The van der Waals surface area contributed by atoms with Gasteiger partial charge < -0.3 is 20.5 Å². The molecule has 5 nitrogen and oxygen atoms in total. The largest absolute Gasteiger partial charge is 0.376 e. The van der Waals surface area contributed by atoms with Gasteiger partial charge in [-0.15, -0.1) is 0 Å². The summed E-state index contributed by atoms with van der Waals surface area (Å²) in [6.45, 7) is 8.92. The molecule has 1 aromatic rings. The van der Waals surface area contributed by atoms with Gasteiger partial charge in [-0.1, -0.05) is 24.3 Å². The summed E-state index contributed by atoms with van der Waals surface area (Å²) >= 11 is 0. The lowest BCUT2D eigenvalue weighted by molar-refractivity contribution is -0.0149. The van der Waals surface area contributed by atoms with E-state index in [0.717, 1.165) is 37.1 Å². The Morgan fingerprint density at radius 3 is 2.87 bits per heavy atom. The first kappa shape index (κ1) is 17.8. The van der Waals surface area contributed by atoms with Crippen molar-refractivity contribution in [2.45, 2.75) is 58.5 Å². The molecule has 1 heterocycles. The first-order chi connectivity index (χ1) is 10.9. The van der Waals surface area contributed by atoms with Crippen LogP contribution in [0.4, 0.5) is 0 Å². The van der Waals surface area contributed by atoms with Crippen LogP contribution in [0.15, 0.2) is 29.3 Å². The summed E-state index contributed by atoms with van der Waals surface area (Å²) in [5, 5.41) is 3.13. The zero-order chi connectivity index (χ0) is 16.7. The minimum absolute atomic E-state index is 0.134. The SMILES string of the molecule is CC(C)(C)OCc1cccc(CN=C(N)NCC2CCCO2)c1. The Labute approximate surface area is 139 Å². The number of benzene rings is 1. The average molecular weight is 319 g/mol. The minimum atomic E-state index is -0.134. The van der Waals surface area contributed by atoms with Gasteiger partial charge in [-0.3, -0.25) is 0 Å². The van der Waals surface area contributed by atoms with Crippen molar-refractivity contribution in [2.75, 3.05) is 13.2 Å². The Balaban J connectivity index is 1.80. The molecular weight excluding hydrogens is 290 g/mol. The van der Waals surface area contributed by atoms with Crippen LogP contribution in [0.5, 0.6) is 0 Å². The topological polar surface area (TPSA) is 68.9 Å². The highest BCUT2D eigenvalue weighted by Crippen LogP contribution is 2.13. The molecule has 1 atom stereocenters. The fourth-order valence-electron chi connectivity index (χ4n) is 2.37. The molecule has 1 aliphatic rings. The summed E-state index contributed by atoms with van der Waals surface area (Å²) in [6.07, 6.45) is 2.49. The maximum absolute atomic E-state index is 5.91. The van der Waals surface area contributed by atoms with E-state index in [1.165, 1.54) is 0 Å². The molecule has 23 heavy (non-hydrogen) atoms. The van der Waals surface area contributed by atoms with Crippen LogP contribution >= 0.6 is 0 Å². The Morgan fingerprint density at radius 2 is 2.17 bits per heavy atom. The molecule has 2 rings (SSSR count). The van der Waals surface area contributed by atoms with Crippen LogP contribution in [-0.4, -0.2) is 30.8 Å². The molecular formula is C18H29N3O2. The molecule has 1 aliphatic heterocycles. The van der Waals surface area contributed by atoms with Gasteiger partial charge in [0.25, 0.3) is 0 Å². The minimum Gasteiger partial charge on any atom is -0.376 e. The molecule has 1 saturated heterocycles. The Kier molecular flexibility index (Phi) is 6.42. The van der Waals surface area contributed by atoms with E-state index in [1.807, 2.05) is 6.07 Å². The highest BCUT2D eigenvalue weighted by molar-refractivity contribution is 5.77. The number of ether oxygens (including phenoxy) is 2. The molecule has 0 amide bonds. The van der Waals surface area contributed by atoms with Crippen LogP contribution in [0.25, 0.3) is 0 Å². The van der Waals surface area contributed by atoms with Gasteiger partial charge in [-0.2, -0.15) is 0 Å². The molecule has 0 aromatic heterocycles. The van der Waals surface area contributed by atoms with Crippen LogP contribution < -0.4 is 11.1 Å². The van der Waals surface area contributed by atoms with E-state index in [4.69, 9.17) is 15.2 Å². The summed E-state index contributed by atoms with van der Waals surface area (Å²) in [4.78, 5) is 4.39. The van der Waals surface area contributed by atoms with Crippen LogP contribution in [-0.2, 0) is 22.6 Å². The lowest BCUT2D eigenvalue weighted by Gasteiger charge is -2.19. The van der Waals surface area contributed by atoms with Gasteiger partial charge >= 0.3 is 0 Å². The van der Waals surface area contributed by atoms with Crippen LogP contribution in [0.3, 0.4) is 0 Å². The third-order valence-corrected chi connectivity index (χ3v) is 3.63. The predicted molar refractivity (Wildman–Crippen MR) is 93.3 cm³/mol. The molecule has 0 bridgehead atoms. The number of aliphatic imine (C=N–C) groups is 1. The second kappa shape index (κ2) is 8.31. The fraction of sp³-hybridized carbons (Fsp3) is 0.611. The van der Waals surface area contributed by atoms with E-state index in [9.17, 15) is 0 Å². The smallest absolute Gasteiger partial charge is 0.189 e. The summed E-state index contributed by atoms with van der Waals surface area (Å²) in [5.41, 5.74) is 8.06. The first-order valence-electron chi connectivity index (χ1n) is 8.29. The molecule has 3 N–H and O–H groups in total. The van der Waals surface area contributed by atoms with E-state index in [-0.39, 0.29) is 11.7 Å². The standard InChI is InChI=1S/C18H29N3O2/c1-18(2,3)23-13-15-7-4-6-14(10-15)11-20-17(19)21-12-16-8-5-9-22-16/h4,6-7,10,16H,5,8-9,11-13H2,1-3H3,(H3,19,20,21). The molecule has 1 aromatic carbocycles. The van der Waals surface area contributed by atoms with Crippen molar-refractivity contribution in [3.63, 3.8) is 0 Å². The average Bonchev–Trinajstić information content (AvgIpc) is 3.02. The van der Waals surface area contributed by atoms with Crippen molar-refractivity contribution in [1.82, 2.24) is 5.32 Å². The van der Waals surface area contributed by atoms with Gasteiger partial charge in [0.15, 0.2) is 5.96 Å². The predicted octanol–water partition coefficient (Wildman–Crippen LogP) is 2.59. The van der Waals surface area contributed by atoms with E-state index < -0.39 is 0 Å². The van der Waals surface area contributed by atoms with E-state index in [0.29, 0.717) is 19.1 Å². The van der Waals surface area contributed by atoms with Crippen molar-refractivity contribution in [2.24, 2.45) is 10.7 Å². The van der Waals surface area contributed by atoms with E-state index in [2.05, 4.69) is 49.3 Å². The fourth-order valence-corrected chi connectivity index (χ4v) is 2.37. The molecule has 128 valence electrons. The zero-order valence-electron chi connectivity index (χ0n) is 14.5. The molecule has 5 heteroatoms. The van der Waals surface area contributed by atoms with Crippen molar-refractivity contribution < 1.29 is 9.47 Å². The van der Waals surface area contributed by atoms with Crippen molar-refractivity contribution in [3.05, 3.63) is 35.4 Å². The van der Waals surface area contributed by atoms with Gasteiger partial charge in [-0.25, -0.2) is 4.99 Å². The molecule has 0 aliphatic carbocycles. The van der Waals surface area contributed by atoms with Gasteiger partial charge in [0.1, 0.15) is 0 Å². The monoisotopic (exact) mass is 319 g/mol. The number of guanidine groups is 1. The summed E-state index contributed by atoms with van der Waals surface area (Å²) in [5.74, 6) is 0.469. The second-order valence-corrected chi connectivity index (χ2v) is 6.94. The first-order valence-corrected chi connectivity index (χ1v) is 8.29. The number of nitrogens with one attached hydrogen (secondary N) is 1. The second-order valence-electron chi connectivity index (χ2n) is 6.94. The van der Waals surface area contributed by atoms with Gasteiger partial charge in [0.2, 0.25) is 0 Å². The molecule has 1 unspecified atom stereocenters. The summed E-state index contributed by atoms with van der Waals surface area (Å²) in [6, 6.07) is 8.26. The normalized spacial score (nSPS) is 19.1. The van der Waals surface area contributed by atoms with Crippen molar-refractivity contribution >= 4 is 5.96 Å². The number of nitrogens with zero attached hydrogens (tertiary/aromatic N) is 1. The number of nitrogens with two attached hydrogens (primary N) is 1. The van der Waals surface area contributed by atoms with Gasteiger partial charge in [-0.05, 0) is 44.7 Å². The van der Waals surface area contributed by atoms with Crippen molar-refractivity contribution in [3.8, 4) is 0 Å². The van der Waals surface area contributed by atoms with Gasteiger partial charge in [0, 0.05) is 13.2 Å². The number of hydrogen-bond donors (Lipinski definition) is 2. The van der Waals surface area contributed by atoms with Crippen LogP contribution in [0.2, 0.25) is 0 Å². The molecule has 1 fully saturated rings. The van der Waals surface area contributed by atoms with Gasteiger partial charge in [0.05, 0.1) is 24.9 Å². The maximum Gasteiger partial charge on any atom is 0.189 e. The highest BCUT2D eigenvalue weighted by Gasteiger charge is 2.15. The Morgan fingerprint density at radius 1 is 1.39 bits per heavy atom. The third kappa shape index (κ3) is 7.01. The maximum atomic E-state index is 5.91. The van der Waals surface area contributed by atoms with Crippen molar-refractivity contribution in [1.29, 1.82) is 0 Å². The Hall–Kier alpha value is -1.59. The lowest BCUT2D eigenvalue weighted by atomic mass is 10.1. The Bertz CT molecular complexity index is 517. The summed E-state index contributed by atoms with van der Waals surface area (Å²) in [7, 11) is 0. The molecule has 0 saturated carbocycles. The zero-order valence-corrected chi connectivity index (χ0v) is 14.5. The number of hydrogen-bond acceptors (Lipinski definition) is 3. The van der Waals surface area contributed by atoms with Crippen LogP contribution in [0, 0.1) is 0 Å². The number of rotatable bonds is 6. The highest BCUT2D eigenvalue weighted by atomic mass is 16.5. The molecule has 0 radical (unpaired) electrons. The van der Waals surface area contributed by atoms with E-state index >= 15 is 0 Å². The lowest BCUT2D eigenvalue weighted by Crippen LogP contribution is -2.37. The van der Waals surface area contributed by atoms with E-state index in [1.54, 1.807) is 0 Å².